The molecule has 4 rings (SSSR count). The van der Waals surface area contributed by atoms with Gasteiger partial charge in [0.1, 0.15) is 11.5 Å². The molecule has 1 aliphatic rings. The molecule has 0 saturated carbocycles. The third-order valence-corrected chi connectivity index (χ3v) is 6.51. The van der Waals surface area contributed by atoms with E-state index in [1.807, 2.05) is 6.07 Å². The van der Waals surface area contributed by atoms with Gasteiger partial charge in [-0.15, -0.1) is 0 Å². The largest absolute Gasteiger partial charge is 0.466 e. The highest BCUT2D eigenvalue weighted by Crippen LogP contribution is 2.43. The lowest BCUT2D eigenvalue weighted by Crippen LogP contribution is -2.40. The molecule has 208 valence electrons. The minimum atomic E-state index is -0.958. The first-order valence-corrected chi connectivity index (χ1v) is 12.8. The Labute approximate surface area is 238 Å². The second-order valence-corrected chi connectivity index (χ2v) is 9.42. The van der Waals surface area contributed by atoms with E-state index < -0.39 is 23.8 Å². The molecule has 0 spiro atoms. The molecule has 0 amide bonds. The molecule has 9 heteroatoms. The van der Waals surface area contributed by atoms with Gasteiger partial charge in [-0.25, -0.2) is 14.4 Å². The molecule has 0 bridgehead atoms. The Balaban J connectivity index is 1.88. The van der Waals surface area contributed by atoms with Crippen LogP contribution in [0.25, 0.3) is 11.1 Å². The summed E-state index contributed by atoms with van der Waals surface area (Å²) in [6.07, 6.45) is -0.242. The van der Waals surface area contributed by atoms with E-state index >= 15 is 0 Å². The van der Waals surface area contributed by atoms with Crippen LogP contribution in [-0.4, -0.2) is 38.2 Å². The quantitative estimate of drug-likeness (QED) is 0.324. The van der Waals surface area contributed by atoms with Gasteiger partial charge in [0.05, 0.1) is 49.0 Å². The SMILES string of the molecule is COC(=O)C1=C(C(=O)OC)N(c2cccc(-c3ccc(C(=O)OC(C)C)cc3)c2)C(N)=C(C#N)C1c1ccccc1. The van der Waals surface area contributed by atoms with Gasteiger partial charge in [-0.05, 0) is 54.8 Å². The first-order chi connectivity index (χ1) is 19.7. The summed E-state index contributed by atoms with van der Waals surface area (Å²) in [7, 11) is 2.40. The molecule has 3 aromatic rings. The van der Waals surface area contributed by atoms with Gasteiger partial charge < -0.3 is 19.9 Å². The second kappa shape index (κ2) is 12.2. The van der Waals surface area contributed by atoms with Crippen LogP contribution in [-0.2, 0) is 23.8 Å². The number of carbonyl (C=O) groups is 3. The number of hydrogen-bond donors (Lipinski definition) is 1. The summed E-state index contributed by atoms with van der Waals surface area (Å²) in [6.45, 7) is 3.56. The maximum Gasteiger partial charge on any atom is 0.355 e. The molecule has 0 saturated heterocycles. The van der Waals surface area contributed by atoms with E-state index in [1.165, 1.54) is 19.1 Å². The van der Waals surface area contributed by atoms with Gasteiger partial charge in [0, 0.05) is 5.69 Å². The average Bonchev–Trinajstić information content (AvgIpc) is 2.99. The molecule has 3 aromatic carbocycles. The van der Waals surface area contributed by atoms with Crippen molar-refractivity contribution in [2.45, 2.75) is 25.9 Å². The molecule has 0 fully saturated rings. The van der Waals surface area contributed by atoms with Crippen molar-refractivity contribution in [3.63, 3.8) is 0 Å². The Hall–Kier alpha value is -5.36. The zero-order chi connectivity index (χ0) is 29.7. The van der Waals surface area contributed by atoms with Gasteiger partial charge in [0.15, 0.2) is 0 Å². The fourth-order valence-corrected chi connectivity index (χ4v) is 4.69. The summed E-state index contributed by atoms with van der Waals surface area (Å²) < 4.78 is 15.4. The van der Waals surface area contributed by atoms with Crippen LogP contribution in [0, 0.1) is 11.3 Å². The number of nitriles is 1. The van der Waals surface area contributed by atoms with Crippen molar-refractivity contribution in [3.05, 3.63) is 113 Å². The summed E-state index contributed by atoms with van der Waals surface area (Å²) in [5, 5.41) is 10.2. The third-order valence-electron chi connectivity index (χ3n) is 6.51. The monoisotopic (exact) mass is 551 g/mol. The number of hydrogen-bond acceptors (Lipinski definition) is 9. The number of methoxy groups -OCH3 is 2. The lowest BCUT2D eigenvalue weighted by atomic mass is 9.81. The number of benzene rings is 3. The van der Waals surface area contributed by atoms with Crippen molar-refractivity contribution in [2.24, 2.45) is 5.73 Å². The van der Waals surface area contributed by atoms with E-state index in [0.717, 1.165) is 11.1 Å². The summed E-state index contributed by atoms with van der Waals surface area (Å²) in [5.41, 5.74) is 9.33. The number of rotatable bonds is 7. The number of esters is 3. The van der Waals surface area contributed by atoms with Crippen LogP contribution in [0.15, 0.2) is 102 Å². The van der Waals surface area contributed by atoms with Crippen LogP contribution in [0.5, 0.6) is 0 Å². The van der Waals surface area contributed by atoms with Gasteiger partial charge in [-0.2, -0.15) is 5.26 Å². The zero-order valence-corrected chi connectivity index (χ0v) is 23.1. The van der Waals surface area contributed by atoms with Crippen LogP contribution in [0.3, 0.4) is 0 Å². The predicted octanol–water partition coefficient (Wildman–Crippen LogP) is 4.82. The lowest BCUT2D eigenvalue weighted by Gasteiger charge is -2.36. The molecule has 41 heavy (non-hydrogen) atoms. The summed E-state index contributed by atoms with van der Waals surface area (Å²) in [6, 6.07) is 24.9. The Kier molecular flexibility index (Phi) is 8.54. The number of allylic oxidation sites excluding steroid dienone is 1. The standard InChI is InChI=1S/C32H29N3O6/c1-19(2)41-30(36)22-15-13-20(14-16-22)23-11-8-12-24(17-23)35-28(32(38)40-4)27(31(37)39-3)26(25(18-33)29(35)34)21-9-6-5-7-10-21/h5-17,19,26H,34H2,1-4H3. The first kappa shape index (κ1) is 28.6. The fraction of sp³-hybridized carbons (Fsp3) is 0.188. The van der Waals surface area contributed by atoms with Gasteiger partial charge >= 0.3 is 17.9 Å². The average molecular weight is 552 g/mol. The van der Waals surface area contributed by atoms with Crippen molar-refractivity contribution in [1.82, 2.24) is 0 Å². The van der Waals surface area contributed by atoms with Crippen LogP contribution in [0.1, 0.15) is 35.7 Å². The molecular weight excluding hydrogens is 522 g/mol. The Morgan fingerprint density at radius 1 is 0.854 bits per heavy atom. The highest BCUT2D eigenvalue weighted by Gasteiger charge is 2.43. The maximum atomic E-state index is 13.3. The van der Waals surface area contributed by atoms with E-state index in [1.54, 1.807) is 86.6 Å². The molecule has 0 aromatic heterocycles. The second-order valence-electron chi connectivity index (χ2n) is 9.42. The lowest BCUT2D eigenvalue weighted by molar-refractivity contribution is -0.139. The van der Waals surface area contributed by atoms with Crippen LogP contribution in [0.4, 0.5) is 5.69 Å². The van der Waals surface area contributed by atoms with Crippen molar-refractivity contribution in [1.29, 1.82) is 5.26 Å². The fourth-order valence-electron chi connectivity index (χ4n) is 4.69. The molecule has 1 aliphatic heterocycles. The number of carbonyl (C=O) groups excluding carboxylic acids is 3. The van der Waals surface area contributed by atoms with Gasteiger partial charge in [0.25, 0.3) is 0 Å². The van der Waals surface area contributed by atoms with Crippen LogP contribution < -0.4 is 10.6 Å². The summed E-state index contributed by atoms with van der Waals surface area (Å²) >= 11 is 0. The van der Waals surface area contributed by atoms with Crippen molar-refractivity contribution >= 4 is 23.6 Å². The number of nitrogens with zero attached hydrogens (tertiary/aromatic N) is 2. The van der Waals surface area contributed by atoms with Crippen LogP contribution in [0.2, 0.25) is 0 Å². The molecule has 1 heterocycles. The van der Waals surface area contributed by atoms with Crippen LogP contribution >= 0.6 is 0 Å². The van der Waals surface area contributed by atoms with Gasteiger partial charge in [-0.1, -0.05) is 54.6 Å². The van der Waals surface area contributed by atoms with E-state index in [9.17, 15) is 19.6 Å². The Bertz CT molecular complexity index is 1580. The van der Waals surface area contributed by atoms with Gasteiger partial charge in [-0.3, -0.25) is 4.90 Å². The van der Waals surface area contributed by atoms with E-state index in [2.05, 4.69) is 6.07 Å². The topological polar surface area (TPSA) is 132 Å². The van der Waals surface area contributed by atoms with E-state index in [0.29, 0.717) is 16.8 Å². The normalized spacial score (nSPS) is 14.9. The summed E-state index contributed by atoms with van der Waals surface area (Å²) in [5.74, 6) is -3.04. The van der Waals surface area contributed by atoms with E-state index in [4.69, 9.17) is 19.9 Å². The highest BCUT2D eigenvalue weighted by atomic mass is 16.5. The molecule has 2 N–H and O–H groups in total. The predicted molar refractivity (Wildman–Crippen MR) is 152 cm³/mol. The number of ether oxygens (including phenoxy) is 3. The van der Waals surface area contributed by atoms with Gasteiger partial charge in [0.2, 0.25) is 0 Å². The number of anilines is 1. The molecule has 1 unspecified atom stereocenters. The summed E-state index contributed by atoms with van der Waals surface area (Å²) in [4.78, 5) is 40.1. The van der Waals surface area contributed by atoms with Crippen molar-refractivity contribution < 1.29 is 28.6 Å². The smallest absolute Gasteiger partial charge is 0.355 e. The van der Waals surface area contributed by atoms with Crippen molar-refractivity contribution in [3.8, 4) is 17.2 Å². The molecular formula is C32H29N3O6. The Morgan fingerprint density at radius 2 is 1.51 bits per heavy atom. The molecule has 9 nitrogen and oxygen atoms in total. The first-order valence-electron chi connectivity index (χ1n) is 12.8. The van der Waals surface area contributed by atoms with E-state index in [-0.39, 0.29) is 28.8 Å². The minimum Gasteiger partial charge on any atom is -0.466 e. The van der Waals surface area contributed by atoms with Crippen molar-refractivity contribution in [2.75, 3.05) is 19.1 Å². The third kappa shape index (κ3) is 5.68. The molecule has 0 aliphatic carbocycles. The minimum absolute atomic E-state index is 0.0293. The zero-order valence-electron chi connectivity index (χ0n) is 23.1. The number of nitrogens with two attached hydrogens (primary N) is 1. The molecule has 0 radical (unpaired) electrons. The Morgan fingerprint density at radius 3 is 2.10 bits per heavy atom. The molecule has 1 atom stereocenters. The maximum absolute atomic E-state index is 13.3. The highest BCUT2D eigenvalue weighted by molar-refractivity contribution is 6.06.